The molecule has 1 aliphatic rings. The standard InChI is InChI=1S/C19H18FNO3S/c1-2-14-6-3-4-9-18(14)21(17-10-11-25(23,24)13-17)19(22)15-7-5-8-16(20)12-15/h3-12,17H,2,13H2,1H3/t17-/m1/s1. The first-order valence-electron chi connectivity index (χ1n) is 7.99. The van der Waals surface area contributed by atoms with Gasteiger partial charge in [0.05, 0.1) is 11.8 Å². The Morgan fingerprint density at radius 1 is 1.20 bits per heavy atom. The van der Waals surface area contributed by atoms with Gasteiger partial charge in [-0.3, -0.25) is 4.79 Å². The molecule has 2 aromatic carbocycles. The second-order valence-corrected chi connectivity index (χ2v) is 7.82. The Kier molecular flexibility index (Phi) is 4.72. The lowest BCUT2D eigenvalue weighted by atomic mass is 10.1. The normalized spacial score (nSPS) is 18.2. The summed E-state index contributed by atoms with van der Waals surface area (Å²) in [5.74, 6) is -1.11. The van der Waals surface area contributed by atoms with E-state index in [9.17, 15) is 17.6 Å². The lowest BCUT2D eigenvalue weighted by molar-refractivity contribution is 0.0982. The largest absolute Gasteiger partial charge is 0.300 e. The minimum Gasteiger partial charge on any atom is -0.300 e. The second-order valence-electron chi connectivity index (χ2n) is 5.89. The molecule has 0 saturated carbocycles. The van der Waals surface area contributed by atoms with Crippen LogP contribution in [0.5, 0.6) is 0 Å². The van der Waals surface area contributed by atoms with Gasteiger partial charge < -0.3 is 4.90 Å². The summed E-state index contributed by atoms with van der Waals surface area (Å²) in [7, 11) is -3.34. The van der Waals surface area contributed by atoms with Crippen molar-refractivity contribution in [3.8, 4) is 0 Å². The Hall–Kier alpha value is -2.47. The van der Waals surface area contributed by atoms with E-state index < -0.39 is 27.6 Å². The van der Waals surface area contributed by atoms with E-state index in [0.29, 0.717) is 12.1 Å². The number of carbonyl (C=O) groups excluding carboxylic acids is 1. The minimum atomic E-state index is -3.34. The van der Waals surface area contributed by atoms with Crippen LogP contribution >= 0.6 is 0 Å². The van der Waals surface area contributed by atoms with Gasteiger partial charge in [-0.25, -0.2) is 12.8 Å². The molecule has 25 heavy (non-hydrogen) atoms. The molecule has 6 heteroatoms. The number of nitrogens with zero attached hydrogens (tertiary/aromatic N) is 1. The van der Waals surface area contributed by atoms with Crippen molar-refractivity contribution < 1.29 is 17.6 Å². The molecule has 0 aromatic heterocycles. The summed E-state index contributed by atoms with van der Waals surface area (Å²) in [5, 5.41) is 1.14. The SMILES string of the molecule is CCc1ccccc1N(C(=O)c1cccc(F)c1)[C@@H]1C=CS(=O)(=O)C1. The van der Waals surface area contributed by atoms with Crippen LogP contribution in [-0.2, 0) is 16.3 Å². The Morgan fingerprint density at radius 2 is 1.96 bits per heavy atom. The second kappa shape index (κ2) is 6.80. The van der Waals surface area contributed by atoms with Crippen LogP contribution in [0.3, 0.4) is 0 Å². The van der Waals surface area contributed by atoms with E-state index in [1.54, 1.807) is 12.1 Å². The summed E-state index contributed by atoms with van der Waals surface area (Å²) in [6.45, 7) is 1.96. The van der Waals surface area contributed by atoms with Gasteiger partial charge in [0.15, 0.2) is 9.84 Å². The summed E-state index contributed by atoms with van der Waals surface area (Å²) in [6, 6.07) is 12.2. The Labute approximate surface area is 146 Å². The van der Waals surface area contributed by atoms with E-state index in [2.05, 4.69) is 0 Å². The number of anilines is 1. The van der Waals surface area contributed by atoms with Crippen LogP contribution in [0.15, 0.2) is 60.0 Å². The molecule has 0 aliphatic carbocycles. The van der Waals surface area contributed by atoms with Gasteiger partial charge in [-0.05, 0) is 42.3 Å². The van der Waals surface area contributed by atoms with E-state index in [1.807, 2.05) is 19.1 Å². The van der Waals surface area contributed by atoms with Gasteiger partial charge >= 0.3 is 0 Å². The maximum atomic E-state index is 13.6. The first-order valence-corrected chi connectivity index (χ1v) is 9.71. The molecule has 0 N–H and O–H groups in total. The van der Waals surface area contributed by atoms with Crippen molar-refractivity contribution in [3.63, 3.8) is 0 Å². The van der Waals surface area contributed by atoms with Gasteiger partial charge in [-0.15, -0.1) is 0 Å². The summed E-state index contributed by atoms with van der Waals surface area (Å²) in [5.41, 5.74) is 1.75. The summed E-state index contributed by atoms with van der Waals surface area (Å²) in [6.07, 6.45) is 2.20. The molecule has 4 nitrogen and oxygen atoms in total. The number of amides is 1. The zero-order chi connectivity index (χ0) is 18.0. The number of hydrogen-bond acceptors (Lipinski definition) is 3. The van der Waals surface area contributed by atoms with E-state index in [-0.39, 0.29) is 11.3 Å². The molecular weight excluding hydrogens is 341 g/mol. The Bertz CT molecular complexity index is 937. The molecule has 3 rings (SSSR count). The fourth-order valence-electron chi connectivity index (χ4n) is 2.96. The zero-order valence-corrected chi connectivity index (χ0v) is 14.5. The van der Waals surface area contributed by atoms with E-state index >= 15 is 0 Å². The van der Waals surface area contributed by atoms with Crippen LogP contribution in [0, 0.1) is 5.82 Å². The monoisotopic (exact) mass is 359 g/mol. The van der Waals surface area contributed by atoms with Crippen LogP contribution in [0.25, 0.3) is 0 Å². The fraction of sp³-hybridized carbons (Fsp3) is 0.211. The molecule has 0 bridgehead atoms. The van der Waals surface area contributed by atoms with Gasteiger partial charge in [-0.2, -0.15) is 0 Å². The molecule has 0 fully saturated rings. The van der Waals surface area contributed by atoms with Crippen molar-refractivity contribution in [3.05, 3.63) is 77.0 Å². The molecule has 2 aromatic rings. The molecular formula is C19H18FNO3S. The van der Waals surface area contributed by atoms with Crippen LogP contribution in [0.1, 0.15) is 22.8 Å². The molecule has 0 radical (unpaired) electrons. The van der Waals surface area contributed by atoms with Crippen molar-refractivity contribution in [2.24, 2.45) is 0 Å². The average molecular weight is 359 g/mol. The summed E-state index contributed by atoms with van der Waals surface area (Å²) in [4.78, 5) is 14.5. The maximum Gasteiger partial charge on any atom is 0.258 e. The molecule has 1 atom stereocenters. The smallest absolute Gasteiger partial charge is 0.258 e. The third kappa shape index (κ3) is 3.64. The van der Waals surface area contributed by atoms with Crippen LogP contribution < -0.4 is 4.90 Å². The lowest BCUT2D eigenvalue weighted by Gasteiger charge is -2.29. The zero-order valence-electron chi connectivity index (χ0n) is 13.7. The first-order chi connectivity index (χ1) is 11.9. The van der Waals surface area contributed by atoms with Crippen LogP contribution in [-0.4, -0.2) is 26.1 Å². The number of aryl methyl sites for hydroxylation is 1. The highest BCUT2D eigenvalue weighted by Gasteiger charge is 2.32. The van der Waals surface area contributed by atoms with E-state index in [4.69, 9.17) is 0 Å². The number of hydrogen-bond donors (Lipinski definition) is 0. The topological polar surface area (TPSA) is 54.5 Å². The first kappa shape index (κ1) is 17.4. The molecule has 0 saturated heterocycles. The predicted octanol–water partition coefficient (Wildman–Crippen LogP) is 3.35. The molecule has 130 valence electrons. The van der Waals surface area contributed by atoms with Gasteiger partial charge in [0.1, 0.15) is 5.82 Å². The van der Waals surface area contributed by atoms with Crippen molar-refractivity contribution in [2.45, 2.75) is 19.4 Å². The Balaban J connectivity index is 2.09. The highest BCUT2D eigenvalue weighted by molar-refractivity contribution is 7.94. The quantitative estimate of drug-likeness (QED) is 0.841. The van der Waals surface area contributed by atoms with Crippen molar-refractivity contribution >= 4 is 21.4 Å². The number of para-hydroxylation sites is 1. The molecule has 0 spiro atoms. The number of benzene rings is 2. The molecule has 1 aliphatic heterocycles. The Morgan fingerprint density at radius 3 is 2.60 bits per heavy atom. The third-order valence-corrected chi connectivity index (χ3v) is 5.54. The maximum absolute atomic E-state index is 13.6. The van der Waals surface area contributed by atoms with E-state index in [0.717, 1.165) is 17.0 Å². The third-order valence-electron chi connectivity index (χ3n) is 4.17. The van der Waals surface area contributed by atoms with Crippen molar-refractivity contribution in [2.75, 3.05) is 10.7 Å². The van der Waals surface area contributed by atoms with Gasteiger partial charge in [0.25, 0.3) is 5.91 Å². The average Bonchev–Trinajstić information content (AvgIpc) is 2.95. The minimum absolute atomic E-state index is 0.174. The summed E-state index contributed by atoms with van der Waals surface area (Å²) >= 11 is 0. The van der Waals surface area contributed by atoms with Crippen molar-refractivity contribution in [1.29, 1.82) is 0 Å². The molecule has 1 amide bonds. The van der Waals surface area contributed by atoms with Crippen molar-refractivity contribution in [1.82, 2.24) is 0 Å². The summed E-state index contributed by atoms with van der Waals surface area (Å²) < 4.78 is 37.3. The van der Waals surface area contributed by atoms with Gasteiger partial charge in [0, 0.05) is 16.7 Å². The van der Waals surface area contributed by atoms with Crippen LogP contribution in [0.4, 0.5) is 10.1 Å². The van der Waals surface area contributed by atoms with E-state index in [1.165, 1.54) is 29.2 Å². The molecule has 1 heterocycles. The molecule has 0 unspecified atom stereocenters. The fourth-order valence-corrected chi connectivity index (χ4v) is 4.23. The highest BCUT2D eigenvalue weighted by atomic mass is 32.2. The number of halogens is 1. The number of sulfone groups is 1. The highest BCUT2D eigenvalue weighted by Crippen LogP contribution is 2.28. The van der Waals surface area contributed by atoms with Gasteiger partial charge in [-0.1, -0.05) is 31.2 Å². The number of rotatable bonds is 4. The van der Waals surface area contributed by atoms with Crippen LogP contribution in [0.2, 0.25) is 0 Å². The number of carbonyl (C=O) groups is 1. The predicted molar refractivity (Wildman–Crippen MR) is 95.7 cm³/mol. The van der Waals surface area contributed by atoms with Gasteiger partial charge in [0.2, 0.25) is 0 Å². The lowest BCUT2D eigenvalue weighted by Crippen LogP contribution is -2.41.